The molecule has 1 saturated heterocycles. The summed E-state index contributed by atoms with van der Waals surface area (Å²) in [7, 11) is 0. The van der Waals surface area contributed by atoms with Crippen LogP contribution in [0, 0.1) is 12.7 Å². The van der Waals surface area contributed by atoms with Gasteiger partial charge in [0.15, 0.2) is 5.82 Å². The molecular weight excluding hydrogens is 347 g/mol. The zero-order chi connectivity index (χ0) is 18.8. The van der Waals surface area contributed by atoms with Crippen LogP contribution in [0.3, 0.4) is 0 Å². The molecule has 0 saturated carbocycles. The second kappa shape index (κ2) is 7.14. The maximum absolute atomic E-state index is 13.8. The van der Waals surface area contributed by atoms with Gasteiger partial charge in [0.05, 0.1) is 11.8 Å². The molecule has 1 aliphatic rings. The van der Waals surface area contributed by atoms with Crippen LogP contribution >= 0.6 is 0 Å². The number of hydrogen-bond donors (Lipinski definition) is 0. The highest BCUT2D eigenvalue weighted by Gasteiger charge is 2.25. The first-order valence-electron chi connectivity index (χ1n) is 8.74. The van der Waals surface area contributed by atoms with Crippen LogP contribution in [0.2, 0.25) is 0 Å². The predicted molar refractivity (Wildman–Crippen MR) is 98.4 cm³/mol. The van der Waals surface area contributed by atoms with Gasteiger partial charge in [0.2, 0.25) is 0 Å². The maximum Gasteiger partial charge on any atom is 0.257 e. The SMILES string of the molecule is Cc1nc(N2CCN(C(=O)c3ccncc3F)CC2)cc(-n2cccc2)n1. The molecule has 7 nitrogen and oxygen atoms in total. The Hall–Kier alpha value is -3.29. The number of rotatable bonds is 3. The van der Waals surface area contributed by atoms with Gasteiger partial charge in [-0.05, 0) is 25.1 Å². The average molecular weight is 366 g/mol. The summed E-state index contributed by atoms with van der Waals surface area (Å²) in [5.74, 6) is 1.43. The van der Waals surface area contributed by atoms with Crippen molar-refractivity contribution >= 4 is 11.7 Å². The molecule has 0 radical (unpaired) electrons. The first-order chi connectivity index (χ1) is 13.1. The zero-order valence-corrected chi connectivity index (χ0v) is 14.9. The molecule has 0 spiro atoms. The van der Waals surface area contributed by atoms with Crippen molar-refractivity contribution in [2.24, 2.45) is 0 Å². The molecule has 1 aliphatic heterocycles. The number of carbonyl (C=O) groups is 1. The van der Waals surface area contributed by atoms with E-state index in [1.165, 1.54) is 12.3 Å². The van der Waals surface area contributed by atoms with E-state index in [4.69, 9.17) is 0 Å². The average Bonchev–Trinajstić information content (AvgIpc) is 3.22. The molecule has 8 heteroatoms. The highest BCUT2D eigenvalue weighted by atomic mass is 19.1. The molecule has 0 N–H and O–H groups in total. The van der Waals surface area contributed by atoms with Gasteiger partial charge < -0.3 is 14.4 Å². The first kappa shape index (κ1) is 17.1. The van der Waals surface area contributed by atoms with Gasteiger partial charge in [-0.25, -0.2) is 14.4 Å². The summed E-state index contributed by atoms with van der Waals surface area (Å²) in [6, 6.07) is 7.24. The van der Waals surface area contributed by atoms with Crippen molar-refractivity contribution in [3.63, 3.8) is 0 Å². The Labute approximate surface area is 156 Å². The Morgan fingerprint density at radius 1 is 1.07 bits per heavy atom. The number of carbonyl (C=O) groups excluding carboxylic acids is 1. The van der Waals surface area contributed by atoms with Gasteiger partial charge in [-0.3, -0.25) is 9.78 Å². The van der Waals surface area contributed by atoms with E-state index in [0.717, 1.165) is 17.8 Å². The molecule has 4 heterocycles. The van der Waals surface area contributed by atoms with Crippen molar-refractivity contribution in [1.29, 1.82) is 0 Å². The molecular formula is C19H19FN6O. The van der Waals surface area contributed by atoms with Crippen LogP contribution in [0.15, 0.2) is 49.1 Å². The highest BCUT2D eigenvalue weighted by molar-refractivity contribution is 5.94. The normalized spacial score (nSPS) is 14.4. The van der Waals surface area contributed by atoms with E-state index in [-0.39, 0.29) is 11.5 Å². The lowest BCUT2D eigenvalue weighted by Gasteiger charge is -2.35. The second-order valence-electron chi connectivity index (χ2n) is 6.36. The fourth-order valence-electron chi connectivity index (χ4n) is 3.18. The molecule has 3 aromatic heterocycles. The van der Waals surface area contributed by atoms with Crippen LogP contribution in [-0.4, -0.2) is 56.5 Å². The zero-order valence-electron chi connectivity index (χ0n) is 14.9. The lowest BCUT2D eigenvalue weighted by molar-refractivity contribution is 0.0741. The third-order valence-corrected chi connectivity index (χ3v) is 4.57. The summed E-state index contributed by atoms with van der Waals surface area (Å²) >= 11 is 0. The number of pyridine rings is 1. The number of halogens is 1. The number of anilines is 1. The minimum Gasteiger partial charge on any atom is -0.353 e. The van der Waals surface area contributed by atoms with Gasteiger partial charge in [0.25, 0.3) is 5.91 Å². The van der Waals surface area contributed by atoms with E-state index in [0.29, 0.717) is 32.0 Å². The molecule has 4 rings (SSSR count). The second-order valence-corrected chi connectivity index (χ2v) is 6.36. The number of aromatic nitrogens is 4. The number of hydrogen-bond acceptors (Lipinski definition) is 5. The van der Waals surface area contributed by atoms with Crippen molar-refractivity contribution in [3.05, 3.63) is 66.3 Å². The van der Waals surface area contributed by atoms with Crippen LogP contribution in [0.1, 0.15) is 16.2 Å². The van der Waals surface area contributed by atoms with Gasteiger partial charge in [0.1, 0.15) is 17.5 Å². The van der Waals surface area contributed by atoms with Crippen LogP contribution in [-0.2, 0) is 0 Å². The van der Waals surface area contributed by atoms with E-state index < -0.39 is 5.82 Å². The fraction of sp³-hybridized carbons (Fsp3) is 0.263. The number of amides is 1. The lowest BCUT2D eigenvalue weighted by atomic mass is 10.2. The Morgan fingerprint density at radius 2 is 1.78 bits per heavy atom. The summed E-state index contributed by atoms with van der Waals surface area (Å²) < 4.78 is 15.8. The Balaban J connectivity index is 1.48. The van der Waals surface area contributed by atoms with E-state index in [1.54, 1.807) is 4.90 Å². The van der Waals surface area contributed by atoms with E-state index in [9.17, 15) is 9.18 Å². The summed E-state index contributed by atoms with van der Waals surface area (Å²) in [6.07, 6.45) is 6.37. The minimum absolute atomic E-state index is 0.0613. The van der Waals surface area contributed by atoms with Crippen molar-refractivity contribution in [2.75, 3.05) is 31.1 Å². The van der Waals surface area contributed by atoms with E-state index >= 15 is 0 Å². The maximum atomic E-state index is 13.8. The topological polar surface area (TPSA) is 67.2 Å². The summed E-state index contributed by atoms with van der Waals surface area (Å²) in [5, 5.41) is 0. The van der Waals surface area contributed by atoms with Crippen LogP contribution in [0.25, 0.3) is 5.82 Å². The van der Waals surface area contributed by atoms with Crippen molar-refractivity contribution in [3.8, 4) is 5.82 Å². The van der Waals surface area contributed by atoms with Crippen LogP contribution in [0.5, 0.6) is 0 Å². The molecule has 138 valence electrons. The molecule has 1 fully saturated rings. The lowest BCUT2D eigenvalue weighted by Crippen LogP contribution is -2.49. The predicted octanol–water partition coefficient (Wildman–Crippen LogP) is 2.07. The summed E-state index contributed by atoms with van der Waals surface area (Å²) in [6.45, 7) is 4.12. The van der Waals surface area contributed by atoms with E-state index in [1.807, 2.05) is 42.1 Å². The smallest absolute Gasteiger partial charge is 0.257 e. The molecule has 0 aliphatic carbocycles. The highest BCUT2D eigenvalue weighted by Crippen LogP contribution is 2.19. The van der Waals surface area contributed by atoms with Gasteiger partial charge in [0, 0.05) is 50.8 Å². The molecule has 3 aromatic rings. The van der Waals surface area contributed by atoms with Gasteiger partial charge in [-0.15, -0.1) is 0 Å². The summed E-state index contributed by atoms with van der Waals surface area (Å²) in [4.78, 5) is 29.0. The largest absolute Gasteiger partial charge is 0.353 e. The number of nitrogens with zero attached hydrogens (tertiary/aromatic N) is 6. The summed E-state index contributed by atoms with van der Waals surface area (Å²) in [5.41, 5.74) is 0.0613. The van der Waals surface area contributed by atoms with Crippen molar-refractivity contribution < 1.29 is 9.18 Å². The van der Waals surface area contributed by atoms with Gasteiger partial charge >= 0.3 is 0 Å². The van der Waals surface area contributed by atoms with E-state index in [2.05, 4.69) is 19.9 Å². The Bertz CT molecular complexity index is 951. The molecule has 0 unspecified atom stereocenters. The van der Waals surface area contributed by atoms with Crippen molar-refractivity contribution in [2.45, 2.75) is 6.92 Å². The van der Waals surface area contributed by atoms with Crippen molar-refractivity contribution in [1.82, 2.24) is 24.4 Å². The third kappa shape index (κ3) is 3.51. The molecule has 1 amide bonds. The monoisotopic (exact) mass is 366 g/mol. The Kier molecular flexibility index (Phi) is 4.53. The minimum atomic E-state index is -0.590. The molecule has 27 heavy (non-hydrogen) atoms. The molecule has 0 atom stereocenters. The fourth-order valence-corrected chi connectivity index (χ4v) is 3.18. The third-order valence-electron chi connectivity index (χ3n) is 4.57. The standard InChI is InChI=1S/C19H19FN6O/c1-14-22-17(24-6-2-3-7-24)12-18(23-14)25-8-10-26(11-9-25)19(27)15-4-5-21-13-16(15)20/h2-7,12-13H,8-11H2,1H3. The Morgan fingerprint density at radius 3 is 2.48 bits per heavy atom. The van der Waals surface area contributed by atoms with Gasteiger partial charge in [-0.1, -0.05) is 0 Å². The number of piperazine rings is 1. The van der Waals surface area contributed by atoms with Crippen LogP contribution < -0.4 is 4.90 Å². The molecule has 0 aromatic carbocycles. The van der Waals surface area contributed by atoms with Gasteiger partial charge in [-0.2, -0.15) is 0 Å². The van der Waals surface area contributed by atoms with Crippen LogP contribution in [0.4, 0.5) is 10.2 Å². The first-order valence-corrected chi connectivity index (χ1v) is 8.74. The number of aryl methyl sites for hydroxylation is 1. The molecule has 0 bridgehead atoms. The quantitative estimate of drug-likeness (QED) is 0.710.